The van der Waals surface area contributed by atoms with E-state index in [1.54, 1.807) is 6.07 Å². The second-order valence-corrected chi connectivity index (χ2v) is 4.93. The van der Waals surface area contributed by atoms with E-state index in [0.29, 0.717) is 5.56 Å². The van der Waals surface area contributed by atoms with E-state index < -0.39 is 0 Å². The standard InChI is InChI=1S/C17H20FN/c1-4-19-17(14-8-5-12(2)6-9-14)15-10-7-13(3)11-16(15)18/h5-11,17,19H,4H2,1-3H3. The molecular formula is C17H20FN. The summed E-state index contributed by atoms with van der Waals surface area (Å²) in [5.41, 5.74) is 3.95. The maximum Gasteiger partial charge on any atom is 0.128 e. The Morgan fingerprint density at radius 1 is 1.00 bits per heavy atom. The maximum absolute atomic E-state index is 14.1. The zero-order valence-electron chi connectivity index (χ0n) is 11.7. The Morgan fingerprint density at radius 2 is 1.63 bits per heavy atom. The van der Waals surface area contributed by atoms with Gasteiger partial charge in [0.15, 0.2) is 0 Å². The summed E-state index contributed by atoms with van der Waals surface area (Å²) < 4.78 is 14.1. The summed E-state index contributed by atoms with van der Waals surface area (Å²) in [7, 11) is 0. The number of halogens is 1. The number of aryl methyl sites for hydroxylation is 2. The number of hydrogen-bond donors (Lipinski definition) is 1. The molecule has 0 saturated heterocycles. The van der Waals surface area contributed by atoms with Crippen LogP contribution in [0.2, 0.25) is 0 Å². The third kappa shape index (κ3) is 3.21. The number of benzene rings is 2. The molecule has 0 aliphatic heterocycles. The van der Waals surface area contributed by atoms with Crippen molar-refractivity contribution < 1.29 is 4.39 Å². The lowest BCUT2D eigenvalue weighted by Gasteiger charge is -2.20. The average Bonchev–Trinajstić information content (AvgIpc) is 2.38. The molecule has 0 saturated carbocycles. The van der Waals surface area contributed by atoms with Gasteiger partial charge < -0.3 is 5.32 Å². The topological polar surface area (TPSA) is 12.0 Å². The molecule has 0 spiro atoms. The van der Waals surface area contributed by atoms with Gasteiger partial charge in [-0.25, -0.2) is 4.39 Å². The van der Waals surface area contributed by atoms with Crippen LogP contribution in [0.4, 0.5) is 4.39 Å². The molecule has 0 heterocycles. The van der Waals surface area contributed by atoms with E-state index in [9.17, 15) is 4.39 Å². The van der Waals surface area contributed by atoms with Crippen molar-refractivity contribution in [2.45, 2.75) is 26.8 Å². The third-order valence-corrected chi connectivity index (χ3v) is 3.29. The smallest absolute Gasteiger partial charge is 0.128 e. The summed E-state index contributed by atoms with van der Waals surface area (Å²) in [4.78, 5) is 0. The Bertz CT molecular complexity index is 546. The van der Waals surface area contributed by atoms with Crippen molar-refractivity contribution in [3.8, 4) is 0 Å². The van der Waals surface area contributed by atoms with Crippen molar-refractivity contribution in [1.29, 1.82) is 0 Å². The summed E-state index contributed by atoms with van der Waals surface area (Å²) in [5, 5.41) is 3.35. The van der Waals surface area contributed by atoms with E-state index in [0.717, 1.165) is 17.7 Å². The first kappa shape index (κ1) is 13.8. The molecule has 2 aromatic carbocycles. The molecule has 0 bridgehead atoms. The molecule has 0 radical (unpaired) electrons. The van der Waals surface area contributed by atoms with E-state index in [4.69, 9.17) is 0 Å². The zero-order valence-corrected chi connectivity index (χ0v) is 11.7. The van der Waals surface area contributed by atoms with Crippen molar-refractivity contribution in [3.05, 3.63) is 70.5 Å². The molecule has 0 aliphatic rings. The number of rotatable bonds is 4. The number of hydrogen-bond acceptors (Lipinski definition) is 1. The molecule has 19 heavy (non-hydrogen) atoms. The second-order valence-electron chi connectivity index (χ2n) is 4.93. The van der Waals surface area contributed by atoms with E-state index in [2.05, 4.69) is 36.5 Å². The Balaban J connectivity index is 2.41. The monoisotopic (exact) mass is 257 g/mol. The zero-order chi connectivity index (χ0) is 13.8. The van der Waals surface area contributed by atoms with Crippen LogP contribution in [0.25, 0.3) is 0 Å². The molecule has 1 nitrogen and oxygen atoms in total. The van der Waals surface area contributed by atoms with Gasteiger partial charge in [0.05, 0.1) is 6.04 Å². The minimum absolute atomic E-state index is 0.0915. The normalized spacial score (nSPS) is 12.4. The summed E-state index contributed by atoms with van der Waals surface area (Å²) in [6.07, 6.45) is 0. The van der Waals surface area contributed by atoms with Gasteiger partial charge in [-0.2, -0.15) is 0 Å². The highest BCUT2D eigenvalue weighted by atomic mass is 19.1. The molecule has 1 atom stereocenters. The van der Waals surface area contributed by atoms with Gasteiger partial charge in [-0.3, -0.25) is 0 Å². The first-order valence-electron chi connectivity index (χ1n) is 6.68. The fourth-order valence-corrected chi connectivity index (χ4v) is 2.24. The molecular weight excluding hydrogens is 237 g/mol. The Labute approximate surface area is 114 Å². The lowest BCUT2D eigenvalue weighted by molar-refractivity contribution is 0.558. The lowest BCUT2D eigenvalue weighted by atomic mass is 9.96. The van der Waals surface area contributed by atoms with Gasteiger partial charge in [0.1, 0.15) is 5.82 Å². The lowest BCUT2D eigenvalue weighted by Crippen LogP contribution is -2.23. The highest BCUT2D eigenvalue weighted by molar-refractivity contribution is 5.35. The molecule has 2 rings (SSSR count). The Kier molecular flexibility index (Phi) is 4.33. The van der Waals surface area contributed by atoms with E-state index in [-0.39, 0.29) is 11.9 Å². The van der Waals surface area contributed by atoms with Crippen LogP contribution in [-0.4, -0.2) is 6.54 Å². The minimum Gasteiger partial charge on any atom is -0.306 e. The summed E-state index contributed by atoms with van der Waals surface area (Å²) in [5.74, 6) is -0.147. The van der Waals surface area contributed by atoms with Gasteiger partial charge in [-0.05, 0) is 37.6 Å². The van der Waals surface area contributed by atoms with Gasteiger partial charge >= 0.3 is 0 Å². The fourth-order valence-electron chi connectivity index (χ4n) is 2.24. The average molecular weight is 257 g/mol. The largest absolute Gasteiger partial charge is 0.306 e. The molecule has 100 valence electrons. The first-order chi connectivity index (χ1) is 9.11. The van der Waals surface area contributed by atoms with Crippen LogP contribution in [0.3, 0.4) is 0 Å². The predicted octanol–water partition coefficient (Wildman–Crippen LogP) is 4.14. The van der Waals surface area contributed by atoms with Gasteiger partial charge in [0.2, 0.25) is 0 Å². The third-order valence-electron chi connectivity index (χ3n) is 3.29. The van der Waals surface area contributed by atoms with Gasteiger partial charge in [-0.15, -0.1) is 0 Å². The van der Waals surface area contributed by atoms with Crippen molar-refractivity contribution in [3.63, 3.8) is 0 Å². The van der Waals surface area contributed by atoms with E-state index in [1.807, 2.05) is 26.0 Å². The van der Waals surface area contributed by atoms with Gasteiger partial charge in [0, 0.05) is 5.56 Å². The summed E-state index contributed by atoms with van der Waals surface area (Å²) >= 11 is 0. The highest BCUT2D eigenvalue weighted by Crippen LogP contribution is 2.25. The Morgan fingerprint density at radius 3 is 2.21 bits per heavy atom. The molecule has 0 amide bonds. The summed E-state index contributed by atoms with van der Waals surface area (Å²) in [6.45, 7) is 6.79. The molecule has 1 unspecified atom stereocenters. The van der Waals surface area contributed by atoms with Crippen LogP contribution in [0, 0.1) is 19.7 Å². The van der Waals surface area contributed by atoms with Crippen LogP contribution in [-0.2, 0) is 0 Å². The van der Waals surface area contributed by atoms with E-state index >= 15 is 0 Å². The van der Waals surface area contributed by atoms with Crippen molar-refractivity contribution in [2.24, 2.45) is 0 Å². The molecule has 2 aromatic rings. The summed E-state index contributed by atoms with van der Waals surface area (Å²) in [6, 6.07) is 13.6. The van der Waals surface area contributed by atoms with Gasteiger partial charge in [-0.1, -0.05) is 48.9 Å². The van der Waals surface area contributed by atoms with Crippen LogP contribution in [0.15, 0.2) is 42.5 Å². The SMILES string of the molecule is CCNC(c1ccc(C)cc1)c1ccc(C)cc1F. The van der Waals surface area contributed by atoms with Crippen LogP contribution < -0.4 is 5.32 Å². The van der Waals surface area contributed by atoms with Crippen molar-refractivity contribution in [2.75, 3.05) is 6.54 Å². The fraction of sp³-hybridized carbons (Fsp3) is 0.294. The van der Waals surface area contributed by atoms with Crippen LogP contribution in [0.5, 0.6) is 0 Å². The highest BCUT2D eigenvalue weighted by Gasteiger charge is 2.16. The quantitative estimate of drug-likeness (QED) is 0.868. The van der Waals surface area contributed by atoms with Crippen LogP contribution in [0.1, 0.15) is 35.2 Å². The maximum atomic E-state index is 14.1. The van der Waals surface area contributed by atoms with Crippen molar-refractivity contribution >= 4 is 0 Å². The molecule has 0 aliphatic carbocycles. The minimum atomic E-state index is -0.147. The predicted molar refractivity (Wildman–Crippen MR) is 77.8 cm³/mol. The molecule has 1 N–H and O–H groups in total. The molecule has 0 aromatic heterocycles. The second kappa shape index (κ2) is 5.98. The molecule has 0 fully saturated rings. The Hall–Kier alpha value is -1.67. The number of nitrogens with one attached hydrogen (secondary N) is 1. The van der Waals surface area contributed by atoms with Crippen LogP contribution >= 0.6 is 0 Å². The van der Waals surface area contributed by atoms with Gasteiger partial charge in [0.25, 0.3) is 0 Å². The first-order valence-corrected chi connectivity index (χ1v) is 6.68. The molecule has 2 heteroatoms. The van der Waals surface area contributed by atoms with Crippen molar-refractivity contribution in [1.82, 2.24) is 5.32 Å². The van der Waals surface area contributed by atoms with E-state index in [1.165, 1.54) is 5.56 Å².